The van der Waals surface area contributed by atoms with E-state index < -0.39 is 6.10 Å². The lowest BCUT2D eigenvalue weighted by atomic mass is 10.2. The van der Waals surface area contributed by atoms with Crippen LogP contribution in [0.1, 0.15) is 18.9 Å². The molecule has 0 aliphatic heterocycles. The lowest BCUT2D eigenvalue weighted by Gasteiger charge is -2.08. The Balaban J connectivity index is 2.31. The van der Waals surface area contributed by atoms with Crippen LogP contribution in [0.25, 0.3) is 0 Å². The van der Waals surface area contributed by atoms with Crippen molar-refractivity contribution in [2.75, 3.05) is 6.61 Å². The van der Waals surface area contributed by atoms with E-state index in [0.717, 1.165) is 5.56 Å². The highest BCUT2D eigenvalue weighted by Crippen LogP contribution is 2.01. The maximum Gasteiger partial charge on any atom is 0.310 e. The summed E-state index contributed by atoms with van der Waals surface area (Å²) in [5, 5.41) is 9.20. The number of rotatable bonds is 5. The Bertz CT molecular complexity index is 295. The molecule has 1 rings (SSSR count). The number of esters is 1. The Morgan fingerprint density at radius 1 is 1.40 bits per heavy atom. The van der Waals surface area contributed by atoms with Crippen molar-refractivity contribution in [2.45, 2.75) is 25.9 Å². The number of hydrogen-bond donors (Lipinski definition) is 1. The molecule has 0 saturated heterocycles. The number of hydrogen-bond acceptors (Lipinski definition) is 3. The van der Waals surface area contributed by atoms with Gasteiger partial charge < -0.3 is 9.84 Å². The minimum atomic E-state index is -0.551. The number of carbonyl (C=O) groups is 1. The van der Waals surface area contributed by atoms with Crippen LogP contribution >= 0.6 is 0 Å². The van der Waals surface area contributed by atoms with Crippen LogP contribution in [0.3, 0.4) is 0 Å². The molecule has 1 atom stereocenters. The van der Waals surface area contributed by atoms with Gasteiger partial charge >= 0.3 is 5.97 Å². The van der Waals surface area contributed by atoms with Crippen molar-refractivity contribution in [3.8, 4) is 0 Å². The zero-order valence-electron chi connectivity index (χ0n) is 8.85. The third-order valence-corrected chi connectivity index (χ3v) is 2.10. The van der Waals surface area contributed by atoms with E-state index in [2.05, 4.69) is 0 Å². The van der Waals surface area contributed by atoms with E-state index in [1.807, 2.05) is 37.3 Å². The molecular weight excluding hydrogens is 192 g/mol. The van der Waals surface area contributed by atoms with Gasteiger partial charge in [-0.1, -0.05) is 37.3 Å². The first-order valence-electron chi connectivity index (χ1n) is 5.10. The molecule has 3 heteroatoms. The second-order valence-corrected chi connectivity index (χ2v) is 3.41. The van der Waals surface area contributed by atoms with Gasteiger partial charge in [0.1, 0.15) is 6.61 Å². The molecule has 0 aliphatic carbocycles. The first-order chi connectivity index (χ1) is 7.22. The van der Waals surface area contributed by atoms with Gasteiger partial charge in [0.15, 0.2) is 0 Å². The Labute approximate surface area is 89.7 Å². The van der Waals surface area contributed by atoms with Gasteiger partial charge in [0.2, 0.25) is 0 Å². The zero-order chi connectivity index (χ0) is 11.1. The lowest BCUT2D eigenvalue weighted by Crippen LogP contribution is -2.18. The van der Waals surface area contributed by atoms with E-state index in [4.69, 9.17) is 4.74 Å². The smallest absolute Gasteiger partial charge is 0.310 e. The summed E-state index contributed by atoms with van der Waals surface area (Å²) >= 11 is 0. The minimum Gasteiger partial charge on any atom is -0.463 e. The molecule has 0 spiro atoms. The number of carbonyl (C=O) groups excluding carboxylic acids is 1. The molecule has 0 heterocycles. The summed E-state index contributed by atoms with van der Waals surface area (Å²) in [5.74, 6) is -0.297. The Morgan fingerprint density at radius 3 is 2.67 bits per heavy atom. The summed E-state index contributed by atoms with van der Waals surface area (Å²) in [5.41, 5.74) is 0.925. The van der Waals surface area contributed by atoms with Crippen molar-refractivity contribution in [3.05, 3.63) is 35.9 Å². The van der Waals surface area contributed by atoms with Gasteiger partial charge in [-0.05, 0) is 12.0 Å². The van der Waals surface area contributed by atoms with E-state index in [-0.39, 0.29) is 19.0 Å². The van der Waals surface area contributed by atoms with Crippen molar-refractivity contribution in [2.24, 2.45) is 0 Å². The molecule has 1 aromatic rings. The quantitative estimate of drug-likeness (QED) is 0.747. The molecule has 0 amide bonds. The second kappa shape index (κ2) is 6.19. The fourth-order valence-electron chi connectivity index (χ4n) is 1.12. The van der Waals surface area contributed by atoms with Crippen molar-refractivity contribution in [1.29, 1.82) is 0 Å². The predicted octanol–water partition coefficient (Wildman–Crippen LogP) is 1.54. The van der Waals surface area contributed by atoms with Gasteiger partial charge in [-0.2, -0.15) is 0 Å². The van der Waals surface area contributed by atoms with Crippen LogP contribution in [0.15, 0.2) is 30.3 Å². The van der Waals surface area contributed by atoms with Crippen LogP contribution < -0.4 is 0 Å². The molecule has 1 N–H and O–H groups in total. The van der Waals surface area contributed by atoms with Crippen LogP contribution in [0, 0.1) is 0 Å². The van der Waals surface area contributed by atoms with E-state index in [0.29, 0.717) is 6.42 Å². The molecule has 0 saturated carbocycles. The fourth-order valence-corrected chi connectivity index (χ4v) is 1.12. The molecule has 0 aliphatic rings. The van der Waals surface area contributed by atoms with Crippen LogP contribution in [-0.4, -0.2) is 23.8 Å². The summed E-state index contributed by atoms with van der Waals surface area (Å²) in [6, 6.07) is 9.40. The lowest BCUT2D eigenvalue weighted by molar-refractivity contribution is -0.145. The molecular formula is C12H16O3. The number of ether oxygens (including phenoxy) is 1. The molecule has 0 bridgehead atoms. The molecule has 3 nitrogen and oxygen atoms in total. The average molecular weight is 208 g/mol. The maximum absolute atomic E-state index is 11.3. The average Bonchev–Trinajstić information content (AvgIpc) is 2.27. The molecule has 1 aromatic carbocycles. The van der Waals surface area contributed by atoms with Crippen LogP contribution in [-0.2, 0) is 16.0 Å². The first-order valence-corrected chi connectivity index (χ1v) is 5.10. The van der Waals surface area contributed by atoms with E-state index in [1.165, 1.54) is 0 Å². The summed E-state index contributed by atoms with van der Waals surface area (Å²) in [4.78, 5) is 11.3. The van der Waals surface area contributed by atoms with Gasteiger partial charge in [-0.3, -0.25) is 4.79 Å². The van der Waals surface area contributed by atoms with Crippen molar-refractivity contribution in [3.63, 3.8) is 0 Å². The highest BCUT2D eigenvalue weighted by Gasteiger charge is 2.07. The molecule has 0 fully saturated rings. The molecule has 0 radical (unpaired) electrons. The van der Waals surface area contributed by atoms with Gasteiger partial charge in [0.25, 0.3) is 0 Å². The topological polar surface area (TPSA) is 46.5 Å². The third-order valence-electron chi connectivity index (χ3n) is 2.10. The summed E-state index contributed by atoms with van der Waals surface area (Å²) in [7, 11) is 0. The largest absolute Gasteiger partial charge is 0.463 e. The summed E-state index contributed by atoms with van der Waals surface area (Å²) in [6.07, 6.45) is 0.306. The van der Waals surface area contributed by atoms with E-state index in [9.17, 15) is 9.90 Å². The SMILES string of the molecule is CCC(O)COC(=O)Cc1ccccc1. The predicted molar refractivity (Wildman–Crippen MR) is 57.4 cm³/mol. The van der Waals surface area contributed by atoms with E-state index in [1.54, 1.807) is 0 Å². The summed E-state index contributed by atoms with van der Waals surface area (Å²) in [6.45, 7) is 1.93. The molecule has 82 valence electrons. The van der Waals surface area contributed by atoms with Gasteiger partial charge in [-0.15, -0.1) is 0 Å². The third kappa shape index (κ3) is 4.61. The van der Waals surface area contributed by atoms with Crippen molar-refractivity contribution >= 4 is 5.97 Å². The maximum atomic E-state index is 11.3. The van der Waals surface area contributed by atoms with Crippen LogP contribution in [0.2, 0.25) is 0 Å². The second-order valence-electron chi connectivity index (χ2n) is 3.41. The van der Waals surface area contributed by atoms with Crippen LogP contribution in [0.5, 0.6) is 0 Å². The Hall–Kier alpha value is -1.35. The zero-order valence-corrected chi connectivity index (χ0v) is 8.85. The first kappa shape index (κ1) is 11.7. The van der Waals surface area contributed by atoms with Gasteiger partial charge in [-0.25, -0.2) is 0 Å². The Morgan fingerprint density at radius 2 is 2.07 bits per heavy atom. The van der Waals surface area contributed by atoms with Gasteiger partial charge in [0, 0.05) is 0 Å². The normalized spacial score (nSPS) is 12.1. The van der Waals surface area contributed by atoms with Crippen LogP contribution in [0.4, 0.5) is 0 Å². The molecule has 1 unspecified atom stereocenters. The van der Waals surface area contributed by atoms with E-state index >= 15 is 0 Å². The highest BCUT2D eigenvalue weighted by atomic mass is 16.5. The number of aliphatic hydroxyl groups excluding tert-OH is 1. The Kier molecular flexibility index (Phi) is 4.84. The fraction of sp³-hybridized carbons (Fsp3) is 0.417. The highest BCUT2D eigenvalue weighted by molar-refractivity contribution is 5.72. The van der Waals surface area contributed by atoms with Crippen molar-refractivity contribution < 1.29 is 14.6 Å². The summed E-state index contributed by atoms with van der Waals surface area (Å²) < 4.78 is 4.91. The molecule has 15 heavy (non-hydrogen) atoms. The standard InChI is InChI=1S/C12H16O3/c1-2-11(13)9-15-12(14)8-10-6-4-3-5-7-10/h3-7,11,13H,2,8-9H2,1H3. The van der Waals surface area contributed by atoms with Gasteiger partial charge in [0.05, 0.1) is 12.5 Å². The minimum absolute atomic E-state index is 0.0855. The number of benzene rings is 1. The monoisotopic (exact) mass is 208 g/mol. The molecule has 0 aromatic heterocycles. The van der Waals surface area contributed by atoms with Crippen molar-refractivity contribution in [1.82, 2.24) is 0 Å². The number of aliphatic hydroxyl groups is 1.